The summed E-state index contributed by atoms with van der Waals surface area (Å²) in [4.78, 5) is 29.9. The highest BCUT2D eigenvalue weighted by Crippen LogP contribution is 2.66. The maximum atomic E-state index is 12.5. The SMILES string of the molecule is CC(C)(C)OC(=O)N1CCC2(CC1)Oc1cnc(-c3ccc(C=O)cc3)cc1C21CC1. The summed E-state index contributed by atoms with van der Waals surface area (Å²) in [6.07, 6.45) is 6.23. The van der Waals surface area contributed by atoms with Gasteiger partial charge in [0, 0.05) is 48.0 Å². The molecule has 2 fully saturated rings. The van der Waals surface area contributed by atoms with Gasteiger partial charge in [-0.2, -0.15) is 0 Å². The molecule has 162 valence electrons. The van der Waals surface area contributed by atoms with E-state index in [0.29, 0.717) is 18.7 Å². The van der Waals surface area contributed by atoms with Crippen molar-refractivity contribution in [2.75, 3.05) is 13.1 Å². The van der Waals surface area contributed by atoms with Crippen molar-refractivity contribution < 1.29 is 19.1 Å². The minimum atomic E-state index is -0.490. The van der Waals surface area contributed by atoms with Gasteiger partial charge in [-0.15, -0.1) is 0 Å². The molecule has 0 bridgehead atoms. The summed E-state index contributed by atoms with van der Waals surface area (Å²) in [5.41, 5.74) is 3.04. The summed E-state index contributed by atoms with van der Waals surface area (Å²) < 4.78 is 12.1. The van der Waals surface area contributed by atoms with Crippen LogP contribution in [0.4, 0.5) is 4.79 Å². The van der Waals surface area contributed by atoms with Crippen molar-refractivity contribution in [1.29, 1.82) is 0 Å². The molecule has 2 spiro atoms. The van der Waals surface area contributed by atoms with Crippen LogP contribution < -0.4 is 4.74 Å². The number of aromatic nitrogens is 1. The number of pyridine rings is 1. The van der Waals surface area contributed by atoms with Crippen LogP contribution in [0.2, 0.25) is 0 Å². The van der Waals surface area contributed by atoms with E-state index in [1.165, 1.54) is 5.56 Å². The fraction of sp³-hybridized carbons (Fsp3) is 0.480. The number of amides is 1. The van der Waals surface area contributed by atoms with E-state index < -0.39 is 5.60 Å². The summed E-state index contributed by atoms with van der Waals surface area (Å²) in [6.45, 7) is 6.95. The van der Waals surface area contributed by atoms with Gasteiger partial charge in [0.25, 0.3) is 0 Å². The van der Waals surface area contributed by atoms with E-state index in [1.807, 2.05) is 51.2 Å². The molecule has 2 aromatic rings. The molecular formula is C25H28N2O4. The molecule has 3 heterocycles. The van der Waals surface area contributed by atoms with Crippen LogP contribution in [-0.4, -0.2) is 46.6 Å². The molecule has 1 aromatic carbocycles. The zero-order valence-electron chi connectivity index (χ0n) is 18.3. The van der Waals surface area contributed by atoms with Gasteiger partial charge in [-0.3, -0.25) is 9.78 Å². The van der Waals surface area contributed by atoms with E-state index in [4.69, 9.17) is 9.47 Å². The lowest BCUT2D eigenvalue weighted by Gasteiger charge is -2.42. The zero-order valence-corrected chi connectivity index (χ0v) is 18.3. The molecule has 1 saturated carbocycles. The highest BCUT2D eigenvalue weighted by Gasteiger charge is 2.67. The Labute approximate surface area is 182 Å². The molecule has 1 aliphatic carbocycles. The Morgan fingerprint density at radius 1 is 1.13 bits per heavy atom. The van der Waals surface area contributed by atoms with Gasteiger partial charge in [-0.1, -0.05) is 24.3 Å². The van der Waals surface area contributed by atoms with E-state index in [2.05, 4.69) is 11.1 Å². The van der Waals surface area contributed by atoms with E-state index in [9.17, 15) is 9.59 Å². The second-order valence-electron chi connectivity index (χ2n) is 9.95. The lowest BCUT2D eigenvalue weighted by Crippen LogP contribution is -2.54. The number of hydrogen-bond acceptors (Lipinski definition) is 5. The number of nitrogens with zero attached hydrogens (tertiary/aromatic N) is 2. The topological polar surface area (TPSA) is 68.7 Å². The number of rotatable bonds is 2. The van der Waals surface area contributed by atoms with E-state index in [-0.39, 0.29) is 17.1 Å². The van der Waals surface area contributed by atoms with E-state index >= 15 is 0 Å². The van der Waals surface area contributed by atoms with Crippen molar-refractivity contribution in [2.45, 2.75) is 63.1 Å². The fourth-order valence-electron chi connectivity index (χ4n) is 5.15. The fourth-order valence-corrected chi connectivity index (χ4v) is 5.15. The molecule has 0 N–H and O–H groups in total. The minimum Gasteiger partial charge on any atom is -0.484 e. The molecule has 0 atom stereocenters. The Kier molecular flexibility index (Phi) is 4.40. The van der Waals surface area contributed by atoms with Gasteiger partial charge in [0.2, 0.25) is 0 Å². The molecule has 1 aromatic heterocycles. The van der Waals surface area contributed by atoms with Crippen molar-refractivity contribution in [2.24, 2.45) is 0 Å². The van der Waals surface area contributed by atoms with Gasteiger partial charge in [-0.25, -0.2) is 4.79 Å². The second-order valence-corrected chi connectivity index (χ2v) is 9.95. The van der Waals surface area contributed by atoms with Crippen LogP contribution in [0.15, 0.2) is 36.5 Å². The van der Waals surface area contributed by atoms with Crippen molar-refractivity contribution >= 4 is 12.4 Å². The third-order valence-corrected chi connectivity index (χ3v) is 6.88. The summed E-state index contributed by atoms with van der Waals surface area (Å²) in [7, 11) is 0. The molecule has 3 aliphatic rings. The molecule has 2 aliphatic heterocycles. The number of carbonyl (C=O) groups excluding carboxylic acids is 2. The normalized spacial score (nSPS) is 20.3. The number of piperidine rings is 1. The number of hydrogen-bond donors (Lipinski definition) is 0. The highest BCUT2D eigenvalue weighted by molar-refractivity contribution is 5.76. The predicted molar refractivity (Wildman–Crippen MR) is 116 cm³/mol. The Balaban J connectivity index is 1.37. The third-order valence-electron chi connectivity index (χ3n) is 6.88. The van der Waals surface area contributed by atoms with Gasteiger partial charge in [-0.05, 0) is 39.7 Å². The highest BCUT2D eigenvalue weighted by atomic mass is 16.6. The molecule has 1 saturated heterocycles. The number of carbonyl (C=O) groups is 2. The molecule has 0 unspecified atom stereocenters. The molecule has 6 heteroatoms. The molecular weight excluding hydrogens is 392 g/mol. The van der Waals surface area contributed by atoms with Gasteiger partial charge < -0.3 is 14.4 Å². The van der Waals surface area contributed by atoms with Crippen molar-refractivity contribution in [3.05, 3.63) is 47.7 Å². The number of aldehydes is 1. The van der Waals surface area contributed by atoms with Crippen LogP contribution in [0, 0.1) is 0 Å². The first-order chi connectivity index (χ1) is 14.8. The maximum absolute atomic E-state index is 12.5. The van der Waals surface area contributed by atoms with E-state index in [1.54, 1.807) is 4.90 Å². The van der Waals surface area contributed by atoms with Crippen LogP contribution >= 0.6 is 0 Å². The molecule has 0 radical (unpaired) electrons. The average Bonchev–Trinajstić information content (AvgIpc) is 3.51. The summed E-state index contributed by atoms with van der Waals surface area (Å²) in [6, 6.07) is 9.65. The van der Waals surface area contributed by atoms with Crippen LogP contribution in [-0.2, 0) is 10.2 Å². The van der Waals surface area contributed by atoms with Crippen LogP contribution in [0.1, 0.15) is 62.4 Å². The monoisotopic (exact) mass is 420 g/mol. The Morgan fingerprint density at radius 3 is 2.39 bits per heavy atom. The van der Waals surface area contributed by atoms with Gasteiger partial charge >= 0.3 is 6.09 Å². The lowest BCUT2D eigenvalue weighted by molar-refractivity contribution is -0.0238. The number of benzene rings is 1. The average molecular weight is 421 g/mol. The summed E-state index contributed by atoms with van der Waals surface area (Å²) in [5.74, 6) is 0.872. The Bertz CT molecular complexity index is 1030. The smallest absolute Gasteiger partial charge is 0.410 e. The Hall–Kier alpha value is -2.89. The number of ether oxygens (including phenoxy) is 2. The standard InChI is InChI=1S/C25H28N2O4/c1-23(2,3)31-22(29)27-12-10-25(11-13-27)24(8-9-24)19-14-20(26-15-21(19)30-25)18-6-4-17(16-28)5-7-18/h4-7,14-16H,8-13H2,1-3H3. The summed E-state index contributed by atoms with van der Waals surface area (Å²) >= 11 is 0. The quantitative estimate of drug-likeness (QED) is 0.656. The van der Waals surface area contributed by atoms with Crippen molar-refractivity contribution in [3.63, 3.8) is 0 Å². The summed E-state index contributed by atoms with van der Waals surface area (Å²) in [5, 5.41) is 0. The number of likely N-dealkylation sites (tertiary alicyclic amines) is 1. The van der Waals surface area contributed by atoms with Crippen molar-refractivity contribution in [3.8, 4) is 17.0 Å². The largest absolute Gasteiger partial charge is 0.484 e. The third kappa shape index (κ3) is 3.29. The van der Waals surface area contributed by atoms with Crippen molar-refractivity contribution in [1.82, 2.24) is 9.88 Å². The Morgan fingerprint density at radius 2 is 1.81 bits per heavy atom. The first kappa shape index (κ1) is 20.0. The van der Waals surface area contributed by atoms with Gasteiger partial charge in [0.1, 0.15) is 23.2 Å². The second kappa shape index (κ2) is 6.81. The lowest BCUT2D eigenvalue weighted by atomic mass is 9.74. The van der Waals surface area contributed by atoms with Crippen LogP contribution in [0.3, 0.4) is 0 Å². The minimum absolute atomic E-state index is 0.0166. The maximum Gasteiger partial charge on any atom is 0.410 e. The zero-order chi connectivity index (χ0) is 21.9. The first-order valence-corrected chi connectivity index (χ1v) is 11.0. The van der Waals surface area contributed by atoms with Crippen LogP contribution in [0.25, 0.3) is 11.3 Å². The molecule has 5 rings (SSSR count). The van der Waals surface area contributed by atoms with Gasteiger partial charge in [0.05, 0.1) is 11.9 Å². The molecule has 1 amide bonds. The predicted octanol–water partition coefficient (Wildman–Crippen LogP) is 4.75. The van der Waals surface area contributed by atoms with Gasteiger partial charge in [0.15, 0.2) is 0 Å². The molecule has 6 nitrogen and oxygen atoms in total. The van der Waals surface area contributed by atoms with E-state index in [0.717, 1.165) is 49.0 Å². The molecule has 31 heavy (non-hydrogen) atoms. The number of fused-ring (bicyclic) bond motifs is 3. The first-order valence-electron chi connectivity index (χ1n) is 11.0. The van der Waals surface area contributed by atoms with Crippen LogP contribution in [0.5, 0.6) is 5.75 Å².